The molecule has 3 aromatic rings. The molecule has 1 aliphatic rings. The van der Waals surface area contributed by atoms with Crippen LogP contribution in [0.15, 0.2) is 53.6 Å². The number of hydrogen-bond donors (Lipinski definition) is 1. The number of nitrogens with one attached hydrogen (secondary N) is 1. The Labute approximate surface area is 171 Å². The van der Waals surface area contributed by atoms with Gasteiger partial charge in [0.05, 0.1) is 0 Å². The predicted octanol–water partition coefficient (Wildman–Crippen LogP) is 6.18. The summed E-state index contributed by atoms with van der Waals surface area (Å²) >= 11 is 7.80. The van der Waals surface area contributed by atoms with Crippen molar-refractivity contribution in [3.05, 3.63) is 64.8 Å². The van der Waals surface area contributed by atoms with Gasteiger partial charge in [0.15, 0.2) is 0 Å². The van der Waals surface area contributed by atoms with E-state index in [2.05, 4.69) is 52.7 Å². The molecule has 0 aliphatic carbocycles. The van der Waals surface area contributed by atoms with Gasteiger partial charge in [-0.3, -0.25) is 0 Å². The van der Waals surface area contributed by atoms with Crippen LogP contribution in [-0.2, 0) is 12.8 Å². The van der Waals surface area contributed by atoms with Gasteiger partial charge in [-0.2, -0.15) is 0 Å². The minimum Gasteiger partial charge on any atom is -0.361 e. The molecular formula is C23H27ClN2S. The summed E-state index contributed by atoms with van der Waals surface area (Å²) in [7, 11) is 0. The van der Waals surface area contributed by atoms with Gasteiger partial charge in [-0.15, -0.1) is 11.8 Å². The third-order valence-electron chi connectivity index (χ3n) is 5.75. The lowest BCUT2D eigenvalue weighted by atomic mass is 10.0. The Morgan fingerprint density at radius 2 is 2.04 bits per heavy atom. The van der Waals surface area contributed by atoms with E-state index in [-0.39, 0.29) is 0 Å². The largest absolute Gasteiger partial charge is 0.361 e. The second kappa shape index (κ2) is 8.72. The van der Waals surface area contributed by atoms with E-state index in [1.807, 2.05) is 23.9 Å². The molecule has 1 atom stereocenters. The first-order valence-corrected chi connectivity index (χ1v) is 11.5. The molecule has 0 radical (unpaired) electrons. The van der Waals surface area contributed by atoms with Crippen LogP contribution in [0, 0.1) is 0 Å². The van der Waals surface area contributed by atoms with Gasteiger partial charge in [0, 0.05) is 33.1 Å². The SMILES string of the molecule is CSc1ccc2[nH]cc(C[C@H]3CCCN3CCCc3ccc(Cl)cc3)c2c1. The number of H-pyrrole nitrogens is 1. The maximum absolute atomic E-state index is 5.98. The van der Waals surface area contributed by atoms with Crippen LogP contribution in [0.3, 0.4) is 0 Å². The van der Waals surface area contributed by atoms with Gasteiger partial charge in [0.1, 0.15) is 0 Å². The number of rotatable bonds is 7. The Morgan fingerprint density at radius 3 is 2.85 bits per heavy atom. The lowest BCUT2D eigenvalue weighted by Crippen LogP contribution is -2.32. The molecule has 0 bridgehead atoms. The maximum atomic E-state index is 5.98. The summed E-state index contributed by atoms with van der Waals surface area (Å²) in [4.78, 5) is 7.50. The van der Waals surface area contributed by atoms with Gasteiger partial charge in [-0.05, 0) is 92.9 Å². The van der Waals surface area contributed by atoms with E-state index in [9.17, 15) is 0 Å². The zero-order valence-corrected chi connectivity index (χ0v) is 17.5. The molecule has 1 saturated heterocycles. The van der Waals surface area contributed by atoms with Crippen molar-refractivity contribution in [2.24, 2.45) is 0 Å². The molecule has 4 rings (SSSR count). The second-order valence-corrected chi connectivity index (χ2v) is 8.81. The zero-order valence-electron chi connectivity index (χ0n) is 15.9. The first kappa shape index (κ1) is 18.9. The molecule has 142 valence electrons. The van der Waals surface area contributed by atoms with E-state index in [4.69, 9.17) is 11.6 Å². The van der Waals surface area contributed by atoms with Gasteiger partial charge in [0.2, 0.25) is 0 Å². The summed E-state index contributed by atoms with van der Waals surface area (Å²) in [5, 5.41) is 2.22. The molecule has 2 heterocycles. The van der Waals surface area contributed by atoms with E-state index in [0.717, 1.165) is 17.9 Å². The molecule has 2 aromatic carbocycles. The molecule has 1 aromatic heterocycles. The standard InChI is InChI=1S/C23H27ClN2S/c1-27-21-10-11-23-22(15-21)18(16-25-23)14-20-5-3-13-26(20)12-2-4-17-6-8-19(24)9-7-17/h6-11,15-16,20,25H,2-5,12-14H2,1H3/t20-/m1/s1. The van der Waals surface area contributed by atoms with Gasteiger partial charge in [-0.25, -0.2) is 0 Å². The Kier molecular flexibility index (Phi) is 6.11. The van der Waals surface area contributed by atoms with E-state index >= 15 is 0 Å². The summed E-state index contributed by atoms with van der Waals surface area (Å²) in [5.74, 6) is 0. The number of fused-ring (bicyclic) bond motifs is 1. The summed E-state index contributed by atoms with van der Waals surface area (Å²) in [6.07, 6.45) is 10.5. The van der Waals surface area contributed by atoms with Crippen LogP contribution in [0.2, 0.25) is 5.02 Å². The highest BCUT2D eigenvalue weighted by atomic mass is 35.5. The molecular weight excluding hydrogens is 372 g/mol. The second-order valence-electron chi connectivity index (χ2n) is 7.49. The fraction of sp³-hybridized carbons (Fsp3) is 0.391. The molecule has 1 aliphatic heterocycles. The lowest BCUT2D eigenvalue weighted by Gasteiger charge is -2.24. The minimum absolute atomic E-state index is 0.673. The van der Waals surface area contributed by atoms with E-state index in [1.54, 1.807) is 0 Å². The van der Waals surface area contributed by atoms with Crippen molar-refractivity contribution in [1.82, 2.24) is 9.88 Å². The fourth-order valence-corrected chi connectivity index (χ4v) is 4.83. The fourth-order valence-electron chi connectivity index (χ4n) is 4.27. The summed E-state index contributed by atoms with van der Waals surface area (Å²) in [5.41, 5.74) is 4.11. The van der Waals surface area contributed by atoms with Crippen molar-refractivity contribution in [3.8, 4) is 0 Å². The molecule has 4 heteroatoms. The van der Waals surface area contributed by atoms with E-state index in [0.29, 0.717) is 6.04 Å². The highest BCUT2D eigenvalue weighted by Gasteiger charge is 2.25. The Bertz CT molecular complexity index is 887. The van der Waals surface area contributed by atoms with Crippen LogP contribution in [0.4, 0.5) is 0 Å². The smallest absolute Gasteiger partial charge is 0.0457 e. The van der Waals surface area contributed by atoms with Crippen LogP contribution in [0.5, 0.6) is 0 Å². The van der Waals surface area contributed by atoms with Crippen LogP contribution < -0.4 is 0 Å². The van der Waals surface area contributed by atoms with Crippen molar-refractivity contribution in [3.63, 3.8) is 0 Å². The molecule has 0 spiro atoms. The normalized spacial score (nSPS) is 17.8. The molecule has 1 N–H and O–H groups in total. The third kappa shape index (κ3) is 4.53. The van der Waals surface area contributed by atoms with E-state index < -0.39 is 0 Å². The van der Waals surface area contributed by atoms with Crippen molar-refractivity contribution in [1.29, 1.82) is 0 Å². The number of aromatic amines is 1. The first-order chi connectivity index (χ1) is 13.2. The van der Waals surface area contributed by atoms with Gasteiger partial charge >= 0.3 is 0 Å². The predicted molar refractivity (Wildman–Crippen MR) is 118 cm³/mol. The lowest BCUT2D eigenvalue weighted by molar-refractivity contribution is 0.250. The van der Waals surface area contributed by atoms with Crippen LogP contribution in [0.1, 0.15) is 30.4 Å². The summed E-state index contributed by atoms with van der Waals surface area (Å²) in [6, 6.07) is 15.7. The van der Waals surface area contributed by atoms with Gasteiger partial charge in [-0.1, -0.05) is 23.7 Å². The highest BCUT2D eigenvalue weighted by Crippen LogP contribution is 2.28. The topological polar surface area (TPSA) is 19.0 Å². The number of nitrogens with zero attached hydrogens (tertiary/aromatic N) is 1. The number of thioether (sulfide) groups is 1. The van der Waals surface area contributed by atoms with Crippen LogP contribution >= 0.6 is 23.4 Å². The summed E-state index contributed by atoms with van der Waals surface area (Å²) < 4.78 is 0. The van der Waals surface area contributed by atoms with Crippen molar-refractivity contribution in [2.75, 3.05) is 19.3 Å². The Hall–Kier alpha value is -1.42. The molecule has 0 saturated carbocycles. The van der Waals surface area contributed by atoms with Crippen molar-refractivity contribution in [2.45, 2.75) is 43.0 Å². The summed E-state index contributed by atoms with van der Waals surface area (Å²) in [6.45, 7) is 2.43. The molecule has 0 amide bonds. The minimum atomic E-state index is 0.673. The molecule has 2 nitrogen and oxygen atoms in total. The average Bonchev–Trinajstić information content (AvgIpc) is 3.30. The van der Waals surface area contributed by atoms with Gasteiger partial charge < -0.3 is 9.88 Å². The van der Waals surface area contributed by atoms with Crippen LogP contribution in [-0.4, -0.2) is 35.3 Å². The first-order valence-electron chi connectivity index (χ1n) is 9.85. The molecule has 1 fully saturated rings. The number of aromatic nitrogens is 1. The van der Waals surface area contributed by atoms with Gasteiger partial charge in [0.25, 0.3) is 0 Å². The molecule has 27 heavy (non-hydrogen) atoms. The van der Waals surface area contributed by atoms with E-state index in [1.165, 1.54) is 59.3 Å². The zero-order chi connectivity index (χ0) is 18.6. The number of benzene rings is 2. The highest BCUT2D eigenvalue weighted by molar-refractivity contribution is 7.98. The number of halogens is 1. The molecule has 0 unspecified atom stereocenters. The quantitative estimate of drug-likeness (QED) is 0.479. The Morgan fingerprint density at radius 1 is 1.19 bits per heavy atom. The third-order valence-corrected chi connectivity index (χ3v) is 6.73. The van der Waals surface area contributed by atoms with Crippen molar-refractivity contribution >= 4 is 34.3 Å². The number of aryl methyl sites for hydroxylation is 1. The van der Waals surface area contributed by atoms with Crippen molar-refractivity contribution < 1.29 is 0 Å². The Balaban J connectivity index is 1.37. The van der Waals surface area contributed by atoms with Crippen LogP contribution in [0.25, 0.3) is 10.9 Å². The average molecular weight is 399 g/mol. The number of hydrogen-bond acceptors (Lipinski definition) is 2. The maximum Gasteiger partial charge on any atom is 0.0457 e. The number of likely N-dealkylation sites (tertiary alicyclic amines) is 1. The monoisotopic (exact) mass is 398 g/mol.